The van der Waals surface area contributed by atoms with Crippen LogP contribution in [0.2, 0.25) is 0 Å². The van der Waals surface area contributed by atoms with E-state index >= 15 is 0 Å². The molecule has 2 aromatic rings. The minimum Gasteiger partial charge on any atom is -0.390 e. The largest absolute Gasteiger partial charge is 0.390 e. The van der Waals surface area contributed by atoms with Crippen LogP contribution in [0.15, 0.2) is 42.5 Å². The highest BCUT2D eigenvalue weighted by Crippen LogP contribution is 2.35. The first-order chi connectivity index (χ1) is 11.3. The third kappa shape index (κ3) is 3.01. The average Bonchev–Trinajstić information content (AvgIpc) is 2.60. The zero-order valence-electron chi connectivity index (χ0n) is 13.6. The Kier molecular flexibility index (Phi) is 4.10. The van der Waals surface area contributed by atoms with E-state index in [4.69, 9.17) is 4.74 Å². The second-order valence-electron chi connectivity index (χ2n) is 7.03. The standard InChI is InChI=1S/C20H25NO2/c22-19-6-3-13-23-20(19)9-11-21(12-10-20)15-16-7-8-17-4-1-2-5-18(17)14-16/h1-2,4-5,7-8,14,19,22H,3,6,9-13,15H2. The zero-order chi connectivity index (χ0) is 15.7. The van der Waals surface area contributed by atoms with Gasteiger partial charge in [0.25, 0.3) is 0 Å². The Hall–Kier alpha value is -1.42. The lowest BCUT2D eigenvalue weighted by Crippen LogP contribution is -2.55. The van der Waals surface area contributed by atoms with Gasteiger partial charge in [0.2, 0.25) is 0 Å². The Labute approximate surface area is 137 Å². The fourth-order valence-electron chi connectivity index (χ4n) is 4.07. The van der Waals surface area contributed by atoms with Gasteiger partial charge in [0, 0.05) is 26.2 Å². The second-order valence-corrected chi connectivity index (χ2v) is 7.03. The van der Waals surface area contributed by atoms with Crippen LogP contribution in [0.3, 0.4) is 0 Å². The summed E-state index contributed by atoms with van der Waals surface area (Å²) in [5.74, 6) is 0. The summed E-state index contributed by atoms with van der Waals surface area (Å²) in [5.41, 5.74) is 1.10. The van der Waals surface area contributed by atoms with Crippen LogP contribution in [0, 0.1) is 0 Å². The first-order valence-electron chi connectivity index (χ1n) is 8.77. The van der Waals surface area contributed by atoms with Gasteiger partial charge < -0.3 is 9.84 Å². The van der Waals surface area contributed by atoms with Crippen molar-refractivity contribution in [3.05, 3.63) is 48.0 Å². The number of likely N-dealkylation sites (tertiary alicyclic amines) is 1. The van der Waals surface area contributed by atoms with Crippen molar-refractivity contribution in [3.8, 4) is 0 Å². The molecule has 2 aromatic carbocycles. The average molecular weight is 311 g/mol. The summed E-state index contributed by atoms with van der Waals surface area (Å²) in [6, 6.07) is 15.3. The number of ether oxygens (including phenoxy) is 1. The lowest BCUT2D eigenvalue weighted by molar-refractivity contribution is -0.177. The fourth-order valence-corrected chi connectivity index (χ4v) is 4.07. The molecule has 122 valence electrons. The molecule has 23 heavy (non-hydrogen) atoms. The SMILES string of the molecule is OC1CCCOC12CCN(Cc1ccc3ccccc3c1)CC2. The summed E-state index contributed by atoms with van der Waals surface area (Å²) >= 11 is 0. The van der Waals surface area contributed by atoms with E-state index in [1.807, 2.05) is 0 Å². The van der Waals surface area contributed by atoms with Crippen LogP contribution < -0.4 is 0 Å². The van der Waals surface area contributed by atoms with Crippen molar-refractivity contribution in [2.24, 2.45) is 0 Å². The zero-order valence-corrected chi connectivity index (χ0v) is 13.6. The molecule has 3 heteroatoms. The lowest BCUT2D eigenvalue weighted by Gasteiger charge is -2.46. The summed E-state index contributed by atoms with van der Waals surface area (Å²) < 4.78 is 6.00. The van der Waals surface area contributed by atoms with E-state index in [-0.39, 0.29) is 11.7 Å². The number of aliphatic hydroxyl groups is 1. The predicted molar refractivity (Wildman–Crippen MR) is 92.4 cm³/mol. The van der Waals surface area contributed by atoms with E-state index in [2.05, 4.69) is 47.4 Å². The predicted octanol–water partition coefficient (Wildman–Crippen LogP) is 3.35. The molecule has 3 nitrogen and oxygen atoms in total. The third-order valence-corrected chi connectivity index (χ3v) is 5.54. The topological polar surface area (TPSA) is 32.7 Å². The number of nitrogens with zero attached hydrogens (tertiary/aromatic N) is 1. The molecule has 0 aromatic heterocycles. The molecule has 4 rings (SSSR count). The van der Waals surface area contributed by atoms with Crippen molar-refractivity contribution < 1.29 is 9.84 Å². The van der Waals surface area contributed by atoms with Crippen molar-refractivity contribution in [1.82, 2.24) is 4.90 Å². The van der Waals surface area contributed by atoms with E-state index in [0.717, 1.165) is 51.9 Å². The number of piperidine rings is 1. The highest BCUT2D eigenvalue weighted by Gasteiger charge is 2.43. The molecule has 1 N–H and O–H groups in total. The normalized spacial score (nSPS) is 25.0. The van der Waals surface area contributed by atoms with Crippen LogP contribution in [0.5, 0.6) is 0 Å². The minimum absolute atomic E-state index is 0.266. The van der Waals surface area contributed by atoms with Gasteiger partial charge in [-0.1, -0.05) is 36.4 Å². The van der Waals surface area contributed by atoms with Crippen LogP contribution >= 0.6 is 0 Å². The molecule has 2 heterocycles. The molecule has 0 amide bonds. The highest BCUT2D eigenvalue weighted by atomic mass is 16.5. The lowest BCUT2D eigenvalue weighted by atomic mass is 9.82. The summed E-state index contributed by atoms with van der Waals surface area (Å²) in [4.78, 5) is 2.49. The van der Waals surface area contributed by atoms with Gasteiger partial charge in [-0.2, -0.15) is 0 Å². The Morgan fingerprint density at radius 1 is 1.09 bits per heavy atom. The first kappa shape index (κ1) is 15.1. The maximum absolute atomic E-state index is 10.3. The molecular formula is C20H25NO2. The number of hydrogen-bond acceptors (Lipinski definition) is 3. The van der Waals surface area contributed by atoms with E-state index in [9.17, 15) is 5.11 Å². The van der Waals surface area contributed by atoms with Crippen LogP contribution in [-0.4, -0.2) is 41.4 Å². The van der Waals surface area contributed by atoms with Crippen molar-refractivity contribution in [3.63, 3.8) is 0 Å². The maximum Gasteiger partial charge on any atom is 0.0964 e. The quantitative estimate of drug-likeness (QED) is 0.923. The van der Waals surface area contributed by atoms with Crippen LogP contribution in [0.4, 0.5) is 0 Å². The number of aliphatic hydroxyl groups excluding tert-OH is 1. The molecule has 2 saturated heterocycles. The van der Waals surface area contributed by atoms with Crippen molar-refractivity contribution >= 4 is 10.8 Å². The summed E-state index contributed by atoms with van der Waals surface area (Å²) in [7, 11) is 0. The molecule has 1 atom stereocenters. The number of hydrogen-bond donors (Lipinski definition) is 1. The molecule has 1 spiro atoms. The molecule has 0 aliphatic carbocycles. The smallest absolute Gasteiger partial charge is 0.0964 e. The van der Waals surface area contributed by atoms with Crippen molar-refractivity contribution in [2.75, 3.05) is 19.7 Å². The molecule has 0 saturated carbocycles. The molecule has 2 fully saturated rings. The van der Waals surface area contributed by atoms with Gasteiger partial charge in [-0.15, -0.1) is 0 Å². The van der Waals surface area contributed by atoms with E-state index in [0.29, 0.717) is 0 Å². The van der Waals surface area contributed by atoms with Crippen LogP contribution in [-0.2, 0) is 11.3 Å². The summed E-state index contributed by atoms with van der Waals surface area (Å²) in [5, 5.41) is 12.9. The molecule has 1 unspecified atom stereocenters. The van der Waals surface area contributed by atoms with Gasteiger partial charge >= 0.3 is 0 Å². The van der Waals surface area contributed by atoms with E-state index in [1.165, 1.54) is 16.3 Å². The van der Waals surface area contributed by atoms with E-state index < -0.39 is 0 Å². The van der Waals surface area contributed by atoms with Gasteiger partial charge in [-0.25, -0.2) is 0 Å². The molecule has 0 radical (unpaired) electrons. The Balaban J connectivity index is 1.42. The first-order valence-corrected chi connectivity index (χ1v) is 8.77. The molecular weight excluding hydrogens is 286 g/mol. The second kappa shape index (κ2) is 6.23. The van der Waals surface area contributed by atoms with Gasteiger partial charge in [-0.05, 0) is 48.1 Å². The van der Waals surface area contributed by atoms with Crippen LogP contribution in [0.25, 0.3) is 10.8 Å². The fraction of sp³-hybridized carbons (Fsp3) is 0.500. The number of fused-ring (bicyclic) bond motifs is 1. The summed E-state index contributed by atoms with van der Waals surface area (Å²) in [6.45, 7) is 3.80. The monoisotopic (exact) mass is 311 g/mol. The third-order valence-electron chi connectivity index (χ3n) is 5.54. The van der Waals surface area contributed by atoms with Crippen LogP contribution in [0.1, 0.15) is 31.2 Å². The maximum atomic E-state index is 10.3. The van der Waals surface area contributed by atoms with Crippen molar-refractivity contribution in [1.29, 1.82) is 0 Å². The Morgan fingerprint density at radius 2 is 1.87 bits per heavy atom. The van der Waals surface area contributed by atoms with E-state index in [1.54, 1.807) is 0 Å². The Morgan fingerprint density at radius 3 is 2.65 bits per heavy atom. The van der Waals surface area contributed by atoms with Crippen molar-refractivity contribution in [2.45, 2.75) is 43.9 Å². The number of rotatable bonds is 2. The highest BCUT2D eigenvalue weighted by molar-refractivity contribution is 5.82. The van der Waals surface area contributed by atoms with Gasteiger partial charge in [0.05, 0.1) is 11.7 Å². The van der Waals surface area contributed by atoms with Gasteiger partial charge in [0.1, 0.15) is 0 Å². The molecule has 2 aliphatic heterocycles. The summed E-state index contributed by atoms with van der Waals surface area (Å²) in [6.07, 6.45) is 3.50. The minimum atomic E-state index is -0.279. The number of benzene rings is 2. The van der Waals surface area contributed by atoms with Gasteiger partial charge in [-0.3, -0.25) is 4.90 Å². The molecule has 2 aliphatic rings. The van der Waals surface area contributed by atoms with Gasteiger partial charge in [0.15, 0.2) is 0 Å². The molecule has 0 bridgehead atoms. The Bertz CT molecular complexity index is 676.